The molecule has 0 N–H and O–H groups in total. The number of fused-ring (bicyclic) bond motifs is 2. The van der Waals surface area contributed by atoms with Crippen LogP contribution in [-0.2, 0) is 6.42 Å². The van der Waals surface area contributed by atoms with E-state index in [4.69, 9.17) is 32.4 Å². The summed E-state index contributed by atoms with van der Waals surface area (Å²) >= 11 is 12.2. The van der Waals surface area contributed by atoms with E-state index < -0.39 is 6.04 Å². The minimum absolute atomic E-state index is 0.0736. The van der Waals surface area contributed by atoms with Gasteiger partial charge in [-0.3, -0.25) is 9.59 Å². The predicted molar refractivity (Wildman–Crippen MR) is 129 cm³/mol. The lowest BCUT2D eigenvalue weighted by Gasteiger charge is -2.25. The summed E-state index contributed by atoms with van der Waals surface area (Å²) in [5, 5.41) is 1.36. The molecular formula is C26H19Cl2NO4. The van der Waals surface area contributed by atoms with E-state index >= 15 is 0 Å². The molecular weight excluding hydrogens is 461 g/mol. The van der Waals surface area contributed by atoms with Crippen molar-refractivity contribution in [1.29, 1.82) is 0 Å². The molecule has 1 aliphatic rings. The first-order chi connectivity index (χ1) is 16.0. The van der Waals surface area contributed by atoms with Crippen molar-refractivity contribution in [1.82, 2.24) is 4.90 Å². The van der Waals surface area contributed by atoms with Gasteiger partial charge in [0, 0.05) is 16.6 Å². The van der Waals surface area contributed by atoms with Gasteiger partial charge in [-0.2, -0.15) is 0 Å². The maximum absolute atomic E-state index is 13.5. The fraction of sp³-hybridized carbons (Fsp3) is 0.154. The van der Waals surface area contributed by atoms with Crippen molar-refractivity contribution in [2.45, 2.75) is 12.5 Å². The van der Waals surface area contributed by atoms with Crippen molar-refractivity contribution in [3.05, 3.63) is 109 Å². The monoisotopic (exact) mass is 479 g/mol. The Hall–Kier alpha value is -3.28. The van der Waals surface area contributed by atoms with Crippen LogP contribution in [0.3, 0.4) is 0 Å². The number of carbonyl (C=O) groups is 1. The number of hydrogen-bond acceptors (Lipinski definition) is 4. The largest absolute Gasteiger partial charge is 0.497 e. The predicted octanol–water partition coefficient (Wildman–Crippen LogP) is 5.90. The van der Waals surface area contributed by atoms with Crippen molar-refractivity contribution in [3.8, 4) is 5.75 Å². The Kier molecular flexibility index (Phi) is 5.60. The van der Waals surface area contributed by atoms with E-state index in [0.29, 0.717) is 39.5 Å². The first-order valence-corrected chi connectivity index (χ1v) is 11.2. The van der Waals surface area contributed by atoms with Crippen LogP contribution in [0.4, 0.5) is 0 Å². The fourth-order valence-electron chi connectivity index (χ4n) is 4.26. The van der Waals surface area contributed by atoms with Gasteiger partial charge in [0.2, 0.25) is 5.76 Å². The molecule has 5 nitrogen and oxygen atoms in total. The summed E-state index contributed by atoms with van der Waals surface area (Å²) in [7, 11) is 1.62. The van der Waals surface area contributed by atoms with Gasteiger partial charge in [-0.25, -0.2) is 0 Å². The molecule has 0 saturated carbocycles. The molecule has 0 fully saturated rings. The molecule has 4 aromatic rings. The summed E-state index contributed by atoms with van der Waals surface area (Å²) in [5.74, 6) is 0.527. The summed E-state index contributed by atoms with van der Waals surface area (Å²) in [6.45, 7) is 0.402. The van der Waals surface area contributed by atoms with Gasteiger partial charge in [-0.1, -0.05) is 47.5 Å². The van der Waals surface area contributed by atoms with Gasteiger partial charge < -0.3 is 14.1 Å². The second kappa shape index (κ2) is 8.58. The molecule has 166 valence electrons. The average molecular weight is 480 g/mol. The third-order valence-corrected chi connectivity index (χ3v) is 6.40. The van der Waals surface area contributed by atoms with E-state index in [2.05, 4.69) is 0 Å². The molecule has 1 amide bonds. The molecule has 0 aliphatic carbocycles. The van der Waals surface area contributed by atoms with Gasteiger partial charge in [-0.15, -0.1) is 0 Å². The molecule has 5 rings (SSSR count). The van der Waals surface area contributed by atoms with Gasteiger partial charge in [-0.05, 0) is 60.0 Å². The lowest BCUT2D eigenvalue weighted by atomic mass is 9.98. The number of methoxy groups -OCH3 is 1. The number of ether oxygens (including phenoxy) is 1. The molecule has 2 heterocycles. The molecule has 1 aromatic heterocycles. The molecule has 7 heteroatoms. The minimum atomic E-state index is -0.581. The normalized spacial score (nSPS) is 15.2. The van der Waals surface area contributed by atoms with Crippen LogP contribution in [0.2, 0.25) is 10.0 Å². The Bertz CT molecular complexity index is 1410. The highest BCUT2D eigenvalue weighted by Crippen LogP contribution is 2.38. The smallest absolute Gasteiger partial charge is 0.290 e. The Morgan fingerprint density at radius 2 is 1.64 bits per heavy atom. The maximum Gasteiger partial charge on any atom is 0.290 e. The number of hydrogen-bond donors (Lipinski definition) is 0. The number of benzene rings is 3. The number of nitrogens with zero attached hydrogens (tertiary/aromatic N) is 1. The first-order valence-electron chi connectivity index (χ1n) is 10.4. The highest BCUT2D eigenvalue weighted by molar-refractivity contribution is 6.31. The van der Waals surface area contributed by atoms with Crippen molar-refractivity contribution >= 4 is 40.1 Å². The highest BCUT2D eigenvalue weighted by atomic mass is 35.5. The van der Waals surface area contributed by atoms with Crippen LogP contribution in [0, 0.1) is 0 Å². The molecule has 1 aliphatic heterocycles. The number of halogens is 2. The maximum atomic E-state index is 13.5. The second-order valence-corrected chi connectivity index (χ2v) is 8.74. The summed E-state index contributed by atoms with van der Waals surface area (Å²) in [6.07, 6.45) is 0.605. The van der Waals surface area contributed by atoms with Crippen molar-refractivity contribution in [2.75, 3.05) is 13.7 Å². The average Bonchev–Trinajstić information content (AvgIpc) is 3.11. The zero-order chi connectivity index (χ0) is 23.1. The molecule has 0 radical (unpaired) electrons. The zero-order valence-electron chi connectivity index (χ0n) is 17.7. The van der Waals surface area contributed by atoms with Crippen LogP contribution in [0.25, 0.3) is 11.0 Å². The third-order valence-electron chi connectivity index (χ3n) is 5.91. The molecule has 0 bridgehead atoms. The van der Waals surface area contributed by atoms with E-state index in [1.165, 1.54) is 0 Å². The summed E-state index contributed by atoms with van der Waals surface area (Å²) in [4.78, 5) is 28.7. The van der Waals surface area contributed by atoms with E-state index in [9.17, 15) is 9.59 Å². The van der Waals surface area contributed by atoms with Gasteiger partial charge in [0.1, 0.15) is 11.3 Å². The molecule has 3 aromatic carbocycles. The number of amides is 1. The Morgan fingerprint density at radius 3 is 2.33 bits per heavy atom. The molecule has 1 atom stereocenters. The lowest BCUT2D eigenvalue weighted by molar-refractivity contribution is 0.0730. The quantitative estimate of drug-likeness (QED) is 0.357. The molecule has 0 spiro atoms. The van der Waals surface area contributed by atoms with Crippen LogP contribution >= 0.6 is 23.2 Å². The summed E-state index contributed by atoms with van der Waals surface area (Å²) < 4.78 is 11.2. The standard InChI is InChI=1S/C26H19Cl2NO4/c1-32-19-9-2-15(3-10-19)12-13-29-23(16-4-6-17(27)7-5-16)22-24(30)20-14-18(28)8-11-21(20)33-25(22)26(29)31/h2-11,14,23H,12-13H2,1H3/t23-/m1/s1. The summed E-state index contributed by atoms with van der Waals surface area (Å²) in [6, 6.07) is 19.1. The fourth-order valence-corrected chi connectivity index (χ4v) is 4.55. The molecule has 0 unspecified atom stereocenters. The van der Waals surface area contributed by atoms with Crippen LogP contribution < -0.4 is 10.2 Å². The minimum Gasteiger partial charge on any atom is -0.497 e. The van der Waals surface area contributed by atoms with Crippen LogP contribution in [0.1, 0.15) is 33.3 Å². The van der Waals surface area contributed by atoms with E-state index in [1.54, 1.807) is 42.3 Å². The van der Waals surface area contributed by atoms with Gasteiger partial charge in [0.25, 0.3) is 5.91 Å². The Balaban J connectivity index is 1.60. The van der Waals surface area contributed by atoms with Crippen LogP contribution in [0.5, 0.6) is 5.75 Å². The van der Waals surface area contributed by atoms with Gasteiger partial charge in [0.05, 0.1) is 24.1 Å². The SMILES string of the molecule is COc1ccc(CCN2C(=O)c3oc4ccc(Cl)cc4c(=O)c3[C@H]2c2ccc(Cl)cc2)cc1. The zero-order valence-corrected chi connectivity index (χ0v) is 19.2. The van der Waals surface area contributed by atoms with E-state index in [0.717, 1.165) is 16.9 Å². The van der Waals surface area contributed by atoms with E-state index in [-0.39, 0.29) is 17.1 Å². The summed E-state index contributed by atoms with van der Waals surface area (Å²) in [5.41, 5.74) is 2.24. The molecule has 0 saturated heterocycles. The lowest BCUT2D eigenvalue weighted by Crippen LogP contribution is -2.31. The molecule has 33 heavy (non-hydrogen) atoms. The van der Waals surface area contributed by atoms with Gasteiger partial charge in [0.15, 0.2) is 5.43 Å². The number of rotatable bonds is 5. The van der Waals surface area contributed by atoms with Crippen molar-refractivity contribution < 1.29 is 13.9 Å². The highest BCUT2D eigenvalue weighted by Gasteiger charge is 2.42. The van der Waals surface area contributed by atoms with Crippen LogP contribution in [-0.4, -0.2) is 24.5 Å². The number of carbonyl (C=O) groups excluding carboxylic acids is 1. The first kappa shape index (κ1) is 21.6. The van der Waals surface area contributed by atoms with Crippen molar-refractivity contribution in [3.63, 3.8) is 0 Å². The van der Waals surface area contributed by atoms with Crippen molar-refractivity contribution in [2.24, 2.45) is 0 Å². The third kappa shape index (κ3) is 3.88. The Labute approximate surface area is 200 Å². The van der Waals surface area contributed by atoms with E-state index in [1.807, 2.05) is 36.4 Å². The van der Waals surface area contributed by atoms with Crippen LogP contribution in [0.15, 0.2) is 75.9 Å². The second-order valence-electron chi connectivity index (χ2n) is 7.87. The van der Waals surface area contributed by atoms with Gasteiger partial charge >= 0.3 is 0 Å². The Morgan fingerprint density at radius 1 is 0.939 bits per heavy atom. The topological polar surface area (TPSA) is 59.8 Å².